The van der Waals surface area contributed by atoms with Crippen LogP contribution in [-0.2, 0) is 0 Å². The fraction of sp³-hybridized carbons (Fsp3) is 0.250. The standard InChI is InChI=1S/C20H18N2O5/c1-13-9-16(10-19(23)25-13)26-15-7-8-22(12-15)20(24)17-11-18(27-21-17)14-5-3-2-4-6-14/h2-6,9-11,15H,7-8,12H2,1H3. The SMILES string of the molecule is Cc1cc(OC2CCN(C(=O)c3cc(-c4ccccc4)on3)C2)cc(=O)o1. The fourth-order valence-corrected chi connectivity index (χ4v) is 3.12. The van der Waals surface area contributed by atoms with Gasteiger partial charge in [-0.25, -0.2) is 4.79 Å². The van der Waals surface area contributed by atoms with Crippen molar-refractivity contribution in [3.63, 3.8) is 0 Å². The van der Waals surface area contributed by atoms with Crippen LogP contribution in [0.25, 0.3) is 11.3 Å². The molecule has 0 radical (unpaired) electrons. The number of ether oxygens (including phenoxy) is 1. The lowest BCUT2D eigenvalue weighted by molar-refractivity contribution is 0.0762. The van der Waals surface area contributed by atoms with Gasteiger partial charge < -0.3 is 18.6 Å². The van der Waals surface area contributed by atoms with Crippen LogP contribution in [0.2, 0.25) is 0 Å². The monoisotopic (exact) mass is 366 g/mol. The van der Waals surface area contributed by atoms with Gasteiger partial charge in [0.15, 0.2) is 11.5 Å². The smallest absolute Gasteiger partial charge is 0.339 e. The highest BCUT2D eigenvalue weighted by molar-refractivity contribution is 5.93. The van der Waals surface area contributed by atoms with Gasteiger partial charge in [-0.15, -0.1) is 0 Å². The van der Waals surface area contributed by atoms with Gasteiger partial charge in [0.2, 0.25) is 0 Å². The molecule has 4 rings (SSSR count). The van der Waals surface area contributed by atoms with Gasteiger partial charge in [0.25, 0.3) is 5.91 Å². The van der Waals surface area contributed by atoms with Crippen LogP contribution in [0, 0.1) is 6.92 Å². The lowest BCUT2D eigenvalue weighted by Crippen LogP contribution is -2.31. The van der Waals surface area contributed by atoms with E-state index >= 15 is 0 Å². The Balaban J connectivity index is 1.42. The molecule has 0 aliphatic carbocycles. The van der Waals surface area contributed by atoms with Crippen molar-refractivity contribution < 1.29 is 18.5 Å². The Bertz CT molecular complexity index is 1010. The molecule has 1 unspecified atom stereocenters. The van der Waals surface area contributed by atoms with Crippen LogP contribution in [0.5, 0.6) is 5.75 Å². The molecule has 1 saturated heterocycles. The van der Waals surface area contributed by atoms with Gasteiger partial charge in [0, 0.05) is 30.7 Å². The van der Waals surface area contributed by atoms with Crippen LogP contribution in [0.4, 0.5) is 0 Å². The van der Waals surface area contributed by atoms with E-state index in [2.05, 4.69) is 5.16 Å². The number of aryl methyl sites for hydroxylation is 1. The van der Waals surface area contributed by atoms with E-state index in [4.69, 9.17) is 13.7 Å². The number of likely N-dealkylation sites (tertiary alicyclic amines) is 1. The van der Waals surface area contributed by atoms with Crippen LogP contribution >= 0.6 is 0 Å². The molecule has 0 saturated carbocycles. The van der Waals surface area contributed by atoms with E-state index < -0.39 is 5.63 Å². The number of carbonyl (C=O) groups is 1. The number of benzene rings is 1. The number of hydrogen-bond acceptors (Lipinski definition) is 6. The maximum absolute atomic E-state index is 12.7. The lowest BCUT2D eigenvalue weighted by Gasteiger charge is -2.16. The highest BCUT2D eigenvalue weighted by Gasteiger charge is 2.30. The largest absolute Gasteiger partial charge is 0.488 e. The molecular formula is C20H18N2O5. The van der Waals surface area contributed by atoms with Gasteiger partial charge in [0.05, 0.1) is 12.6 Å². The van der Waals surface area contributed by atoms with Crippen molar-refractivity contribution >= 4 is 5.91 Å². The van der Waals surface area contributed by atoms with Crippen LogP contribution < -0.4 is 10.4 Å². The molecule has 1 fully saturated rings. The van der Waals surface area contributed by atoms with E-state index in [0.29, 0.717) is 36.8 Å². The number of nitrogens with zero attached hydrogens (tertiary/aromatic N) is 2. The minimum absolute atomic E-state index is 0.185. The summed E-state index contributed by atoms with van der Waals surface area (Å²) < 4.78 is 16.1. The van der Waals surface area contributed by atoms with Crippen LogP contribution in [-0.4, -0.2) is 35.2 Å². The maximum atomic E-state index is 12.7. The number of carbonyl (C=O) groups excluding carboxylic acids is 1. The van der Waals surface area contributed by atoms with Gasteiger partial charge in [-0.05, 0) is 6.92 Å². The van der Waals surface area contributed by atoms with Gasteiger partial charge in [-0.3, -0.25) is 4.79 Å². The Hall–Kier alpha value is -3.35. The molecule has 7 nitrogen and oxygen atoms in total. The number of hydrogen-bond donors (Lipinski definition) is 0. The first kappa shape index (κ1) is 17.1. The molecule has 138 valence electrons. The van der Waals surface area contributed by atoms with Gasteiger partial charge in [-0.1, -0.05) is 35.5 Å². The summed E-state index contributed by atoms with van der Waals surface area (Å²) in [6.45, 7) is 2.66. The Kier molecular flexibility index (Phi) is 4.50. The zero-order valence-electron chi connectivity index (χ0n) is 14.8. The molecule has 1 aliphatic heterocycles. The molecule has 1 amide bonds. The molecule has 0 bridgehead atoms. The number of amides is 1. The summed E-state index contributed by atoms with van der Waals surface area (Å²) >= 11 is 0. The van der Waals surface area contributed by atoms with Gasteiger partial charge >= 0.3 is 5.63 Å². The Morgan fingerprint density at radius 1 is 1.22 bits per heavy atom. The predicted molar refractivity (Wildman–Crippen MR) is 96.6 cm³/mol. The molecule has 3 heterocycles. The first-order valence-corrected chi connectivity index (χ1v) is 8.68. The second-order valence-electron chi connectivity index (χ2n) is 6.44. The summed E-state index contributed by atoms with van der Waals surface area (Å²) in [5, 5.41) is 3.91. The molecule has 0 N–H and O–H groups in total. The van der Waals surface area contributed by atoms with E-state index in [0.717, 1.165) is 5.56 Å². The fourth-order valence-electron chi connectivity index (χ4n) is 3.12. The number of aromatic nitrogens is 1. The van der Waals surface area contributed by atoms with Crippen molar-refractivity contribution in [3.8, 4) is 17.1 Å². The van der Waals surface area contributed by atoms with Crippen LogP contribution in [0.3, 0.4) is 0 Å². The normalized spacial score (nSPS) is 16.5. The topological polar surface area (TPSA) is 85.8 Å². The Morgan fingerprint density at radius 2 is 2.04 bits per heavy atom. The van der Waals surface area contributed by atoms with Crippen molar-refractivity contribution in [1.29, 1.82) is 0 Å². The second-order valence-corrected chi connectivity index (χ2v) is 6.44. The van der Waals surface area contributed by atoms with Crippen molar-refractivity contribution in [2.24, 2.45) is 0 Å². The quantitative estimate of drug-likeness (QED) is 0.706. The predicted octanol–water partition coefficient (Wildman–Crippen LogP) is 2.90. The molecule has 1 aliphatic rings. The lowest BCUT2D eigenvalue weighted by atomic mass is 10.1. The third-order valence-corrected chi connectivity index (χ3v) is 4.39. The summed E-state index contributed by atoms with van der Waals surface area (Å²) in [6, 6.07) is 14.1. The summed E-state index contributed by atoms with van der Waals surface area (Å²) in [5.41, 5.74) is 0.683. The molecular weight excluding hydrogens is 348 g/mol. The molecule has 7 heteroatoms. The van der Waals surface area contributed by atoms with Crippen molar-refractivity contribution in [1.82, 2.24) is 10.1 Å². The molecule has 0 spiro atoms. The van der Waals surface area contributed by atoms with Gasteiger partial charge in [-0.2, -0.15) is 0 Å². The maximum Gasteiger partial charge on any atom is 0.339 e. The van der Waals surface area contributed by atoms with E-state index in [1.54, 1.807) is 24.0 Å². The van der Waals surface area contributed by atoms with Crippen LogP contribution in [0.1, 0.15) is 22.7 Å². The molecule has 3 aromatic rings. The van der Waals surface area contributed by atoms with E-state index in [9.17, 15) is 9.59 Å². The van der Waals surface area contributed by atoms with E-state index in [1.165, 1.54) is 6.07 Å². The average Bonchev–Trinajstić information content (AvgIpc) is 3.31. The minimum Gasteiger partial charge on any atom is -0.488 e. The zero-order valence-corrected chi connectivity index (χ0v) is 14.8. The third kappa shape index (κ3) is 3.76. The van der Waals surface area contributed by atoms with Gasteiger partial charge in [0.1, 0.15) is 17.6 Å². The molecule has 2 aromatic heterocycles. The third-order valence-electron chi connectivity index (χ3n) is 4.39. The summed E-state index contributed by atoms with van der Waals surface area (Å²) in [7, 11) is 0. The first-order chi connectivity index (χ1) is 13.1. The summed E-state index contributed by atoms with van der Waals surface area (Å²) in [4.78, 5) is 25.8. The molecule has 1 atom stereocenters. The minimum atomic E-state index is -0.452. The van der Waals surface area contributed by atoms with Crippen molar-refractivity contribution in [2.45, 2.75) is 19.4 Å². The van der Waals surface area contributed by atoms with Crippen LogP contribution in [0.15, 0.2) is 62.3 Å². The average molecular weight is 366 g/mol. The Labute approximate surface area is 155 Å². The highest BCUT2D eigenvalue weighted by atomic mass is 16.5. The second kappa shape index (κ2) is 7.11. The summed E-state index contributed by atoms with van der Waals surface area (Å²) in [6.07, 6.45) is 0.490. The van der Waals surface area contributed by atoms with Crippen molar-refractivity contribution in [3.05, 3.63) is 70.4 Å². The Morgan fingerprint density at radius 3 is 2.81 bits per heavy atom. The van der Waals surface area contributed by atoms with E-state index in [-0.39, 0.29) is 17.7 Å². The molecule has 27 heavy (non-hydrogen) atoms. The zero-order chi connectivity index (χ0) is 18.8. The van der Waals surface area contributed by atoms with E-state index in [1.807, 2.05) is 30.3 Å². The number of rotatable bonds is 4. The van der Waals surface area contributed by atoms with Crippen molar-refractivity contribution in [2.75, 3.05) is 13.1 Å². The molecule has 1 aromatic carbocycles. The summed E-state index contributed by atoms with van der Waals surface area (Å²) in [5.74, 6) is 1.29. The highest BCUT2D eigenvalue weighted by Crippen LogP contribution is 2.23. The first-order valence-electron chi connectivity index (χ1n) is 8.68.